The fourth-order valence-corrected chi connectivity index (χ4v) is 7.82. The van der Waals surface area contributed by atoms with Gasteiger partial charge >= 0.3 is 5.97 Å². The predicted octanol–water partition coefficient (Wildman–Crippen LogP) is 7.65. The van der Waals surface area contributed by atoms with E-state index in [1.165, 1.54) is 24.3 Å². The minimum Gasteiger partial charge on any atom is -0.472 e. The van der Waals surface area contributed by atoms with Crippen molar-refractivity contribution in [3.05, 3.63) is 98.8 Å². The monoisotopic (exact) mass is 702 g/mol. The summed E-state index contributed by atoms with van der Waals surface area (Å²) in [6.07, 6.45) is 3.08. The average Bonchev–Trinajstić information content (AvgIpc) is 3.36. The Bertz CT molecular complexity index is 1970. The normalized spacial score (nSPS) is 18.1. The molecule has 2 bridgehead atoms. The fourth-order valence-electron chi connectivity index (χ4n) is 7.17. The van der Waals surface area contributed by atoms with Gasteiger partial charge in [0, 0.05) is 41.2 Å². The van der Waals surface area contributed by atoms with Gasteiger partial charge in [-0.1, -0.05) is 53.5 Å². The van der Waals surface area contributed by atoms with Crippen LogP contribution in [0.5, 0.6) is 5.75 Å². The van der Waals surface area contributed by atoms with Crippen molar-refractivity contribution in [2.45, 2.75) is 31.5 Å². The molecular formula is C37H33Cl2FN4O5. The Hall–Kier alpha value is -4.64. The highest BCUT2D eigenvalue weighted by molar-refractivity contribution is 6.40. The molecular weight excluding hydrogens is 670 g/mol. The Labute approximate surface area is 293 Å². The van der Waals surface area contributed by atoms with E-state index in [0.717, 1.165) is 24.1 Å². The summed E-state index contributed by atoms with van der Waals surface area (Å²) in [6.45, 7) is 1.11. The van der Waals surface area contributed by atoms with Crippen LogP contribution in [0.2, 0.25) is 10.0 Å². The largest absolute Gasteiger partial charge is 0.472 e. The highest BCUT2D eigenvalue weighted by atomic mass is 35.5. The molecule has 0 radical (unpaired) electrons. The van der Waals surface area contributed by atoms with Gasteiger partial charge in [-0.15, -0.1) is 0 Å². The van der Waals surface area contributed by atoms with E-state index < -0.39 is 17.7 Å². The van der Waals surface area contributed by atoms with Gasteiger partial charge in [0.05, 0.1) is 65.8 Å². The quantitative estimate of drug-likeness (QED) is 0.151. The third kappa shape index (κ3) is 5.77. The number of nitrogens with zero attached hydrogens (tertiary/aromatic N) is 2. The van der Waals surface area contributed by atoms with E-state index in [2.05, 4.69) is 10.2 Å². The summed E-state index contributed by atoms with van der Waals surface area (Å²) in [6, 6.07) is 17.4. The van der Waals surface area contributed by atoms with Gasteiger partial charge in [-0.2, -0.15) is 0 Å². The first-order chi connectivity index (χ1) is 23.7. The van der Waals surface area contributed by atoms with E-state index in [0.29, 0.717) is 46.9 Å². The summed E-state index contributed by atoms with van der Waals surface area (Å²) in [7, 11) is 3.06. The molecule has 0 aliphatic carbocycles. The summed E-state index contributed by atoms with van der Waals surface area (Å²) in [5.41, 5.74) is 5.18. The molecule has 3 heterocycles. The van der Waals surface area contributed by atoms with Crippen molar-refractivity contribution in [3.8, 4) is 28.0 Å². The molecule has 49 heavy (non-hydrogen) atoms. The predicted molar refractivity (Wildman–Crippen MR) is 188 cm³/mol. The Morgan fingerprint density at radius 1 is 1.00 bits per heavy atom. The molecule has 1 amide bonds. The fraction of sp³-hybridized carbons (Fsp3) is 0.270. The zero-order valence-electron chi connectivity index (χ0n) is 26.8. The summed E-state index contributed by atoms with van der Waals surface area (Å²) in [5, 5.41) is 11.3. The number of fused-ring (bicyclic) bond motifs is 3. The molecule has 2 N–H and O–H groups in total. The lowest BCUT2D eigenvalue weighted by Gasteiger charge is -2.37. The van der Waals surface area contributed by atoms with Crippen LogP contribution in [0.15, 0.2) is 60.7 Å². The number of halogens is 3. The van der Waals surface area contributed by atoms with Gasteiger partial charge in [-0.05, 0) is 54.3 Å². The topological polar surface area (TPSA) is 104 Å². The molecule has 12 heteroatoms. The van der Waals surface area contributed by atoms with E-state index in [1.807, 2.05) is 24.3 Å². The molecule has 3 aliphatic rings. The third-order valence-corrected chi connectivity index (χ3v) is 10.1. The molecule has 2 atom stereocenters. The second kappa shape index (κ2) is 13.3. The number of nitrogens with one attached hydrogen (secondary N) is 2. The van der Waals surface area contributed by atoms with E-state index in [4.69, 9.17) is 42.8 Å². The first-order valence-electron chi connectivity index (χ1n) is 15.9. The number of benzene rings is 4. The van der Waals surface area contributed by atoms with Crippen molar-refractivity contribution in [2.75, 3.05) is 44.3 Å². The number of carbonyl (C=O) groups excluding carboxylic acids is 2. The van der Waals surface area contributed by atoms with E-state index >= 15 is 4.39 Å². The number of esters is 1. The van der Waals surface area contributed by atoms with Crippen molar-refractivity contribution in [3.63, 3.8) is 0 Å². The summed E-state index contributed by atoms with van der Waals surface area (Å²) >= 11 is 13.4. The Morgan fingerprint density at radius 2 is 1.69 bits per heavy atom. The van der Waals surface area contributed by atoms with Crippen molar-refractivity contribution < 1.29 is 28.2 Å². The number of carbonyl (C=O) groups is 2. The van der Waals surface area contributed by atoms with Crippen molar-refractivity contribution in [1.82, 2.24) is 4.90 Å². The number of hydrogen-bond acceptors (Lipinski definition) is 8. The zero-order chi connectivity index (χ0) is 34.4. The van der Waals surface area contributed by atoms with Crippen molar-refractivity contribution in [1.29, 1.82) is 5.41 Å². The number of morpholine rings is 1. The first-order valence-corrected chi connectivity index (χ1v) is 16.6. The van der Waals surface area contributed by atoms with E-state index in [1.54, 1.807) is 37.4 Å². The Kier molecular flexibility index (Phi) is 8.96. The van der Waals surface area contributed by atoms with Gasteiger partial charge in [0.25, 0.3) is 5.91 Å². The maximum absolute atomic E-state index is 15.9. The minimum absolute atomic E-state index is 0.0743. The molecule has 7 rings (SSSR count). The maximum Gasteiger partial charge on any atom is 0.340 e. The molecule has 2 saturated heterocycles. The number of methoxy groups -OCH3 is 1. The van der Waals surface area contributed by atoms with Gasteiger partial charge in [0.1, 0.15) is 11.6 Å². The number of ether oxygens (including phenoxy) is 3. The van der Waals surface area contributed by atoms with Crippen LogP contribution in [0.1, 0.15) is 44.7 Å². The molecule has 2 fully saturated rings. The van der Waals surface area contributed by atoms with Crippen LogP contribution in [-0.4, -0.2) is 69.2 Å². The molecule has 2 unspecified atom stereocenters. The van der Waals surface area contributed by atoms with Crippen LogP contribution in [0, 0.1) is 11.2 Å². The smallest absolute Gasteiger partial charge is 0.340 e. The summed E-state index contributed by atoms with van der Waals surface area (Å²) < 4.78 is 32.9. The molecule has 4 aromatic carbocycles. The minimum atomic E-state index is -0.612. The highest BCUT2D eigenvalue weighted by Gasteiger charge is 2.40. The Balaban J connectivity index is 1.20. The lowest BCUT2D eigenvalue weighted by molar-refractivity contribution is 0.0515. The van der Waals surface area contributed by atoms with Crippen LogP contribution in [0.4, 0.5) is 15.8 Å². The second-order valence-corrected chi connectivity index (χ2v) is 13.0. The second-order valence-electron chi connectivity index (χ2n) is 12.2. The van der Waals surface area contributed by atoms with Crippen LogP contribution >= 0.6 is 23.2 Å². The number of anilines is 2. The molecule has 0 saturated carbocycles. The Morgan fingerprint density at radius 3 is 2.37 bits per heavy atom. The molecule has 0 spiro atoms. The van der Waals surface area contributed by atoms with E-state index in [-0.39, 0.29) is 52.1 Å². The van der Waals surface area contributed by atoms with Gasteiger partial charge in [-0.25, -0.2) is 9.18 Å². The van der Waals surface area contributed by atoms with Gasteiger partial charge in [0.15, 0.2) is 6.73 Å². The molecule has 252 valence electrons. The molecule has 4 aromatic rings. The molecule has 9 nitrogen and oxygen atoms in total. The van der Waals surface area contributed by atoms with Gasteiger partial charge < -0.3 is 34.7 Å². The van der Waals surface area contributed by atoms with Crippen LogP contribution in [0.3, 0.4) is 0 Å². The third-order valence-electron chi connectivity index (χ3n) is 9.50. The average molecular weight is 704 g/mol. The van der Waals surface area contributed by atoms with E-state index in [9.17, 15) is 9.59 Å². The molecule has 0 aromatic heterocycles. The standard InChI is InChI=1S/C37H33Cl2FN4O5/c1-42-32-8-4-6-24(28(32)15-41)21-11-29(38)34(30(39)12-21)36(45)43-16-20-5-3-7-25(35(20)49-19-43)26-14-33(27(13-31(26)40)37(46)47-2)44-22-9-10-23(44)18-48-17-22/h3-8,11-15,22-23,41-42H,9-10,16-19H2,1-2H3. The summed E-state index contributed by atoms with van der Waals surface area (Å²) in [4.78, 5) is 30.3. The van der Waals surface area contributed by atoms with Crippen molar-refractivity contribution >= 4 is 52.7 Å². The number of rotatable bonds is 7. The van der Waals surface area contributed by atoms with Gasteiger partial charge in [-0.3, -0.25) is 4.79 Å². The zero-order valence-corrected chi connectivity index (χ0v) is 28.3. The van der Waals surface area contributed by atoms with Crippen LogP contribution in [-0.2, 0) is 16.0 Å². The molecule has 3 aliphatic heterocycles. The first kappa shape index (κ1) is 32.9. The summed E-state index contributed by atoms with van der Waals surface area (Å²) in [5.74, 6) is -1.18. The lowest BCUT2D eigenvalue weighted by Crippen LogP contribution is -2.46. The highest BCUT2D eigenvalue weighted by Crippen LogP contribution is 2.44. The number of hydrogen-bond donors (Lipinski definition) is 2. The van der Waals surface area contributed by atoms with Crippen LogP contribution in [0.25, 0.3) is 22.3 Å². The lowest BCUT2D eigenvalue weighted by atomic mass is 9.96. The van der Waals surface area contributed by atoms with Gasteiger partial charge in [0.2, 0.25) is 0 Å². The maximum atomic E-state index is 15.9. The number of amides is 1. The number of para-hydroxylation sites is 1. The SMILES string of the molecule is CNc1cccc(-c2cc(Cl)c(C(=O)N3COc4c(cccc4-c4cc(N5C6CCC5COC6)c(C(=O)OC)cc4F)C3)c(Cl)c2)c1C=N. The van der Waals surface area contributed by atoms with Crippen molar-refractivity contribution in [2.24, 2.45) is 0 Å². The van der Waals surface area contributed by atoms with Crippen LogP contribution < -0.4 is 15.0 Å².